The van der Waals surface area contributed by atoms with Gasteiger partial charge in [0.25, 0.3) is 5.91 Å². The van der Waals surface area contributed by atoms with Gasteiger partial charge in [0.05, 0.1) is 27.0 Å². The summed E-state index contributed by atoms with van der Waals surface area (Å²) in [6, 6.07) is 5.29. The molecular formula is C25H41N3O4. The Labute approximate surface area is 193 Å². The number of ether oxygens (including phenoxy) is 2. The average Bonchev–Trinajstić information content (AvgIpc) is 2.81. The number of unbranched alkanes of at least 4 members (excludes halogenated alkanes) is 10. The van der Waals surface area contributed by atoms with Crippen LogP contribution in [0.5, 0.6) is 11.5 Å². The fourth-order valence-electron chi connectivity index (χ4n) is 3.37. The van der Waals surface area contributed by atoms with Crippen LogP contribution in [0.15, 0.2) is 23.3 Å². The molecule has 1 aromatic carbocycles. The number of nitrogens with one attached hydrogen (secondary N) is 2. The van der Waals surface area contributed by atoms with Gasteiger partial charge in [-0.25, -0.2) is 5.43 Å². The van der Waals surface area contributed by atoms with Crippen molar-refractivity contribution < 1.29 is 19.1 Å². The summed E-state index contributed by atoms with van der Waals surface area (Å²) < 4.78 is 10.4. The predicted octanol–water partition coefficient (Wildman–Crippen LogP) is 4.97. The van der Waals surface area contributed by atoms with E-state index >= 15 is 0 Å². The highest BCUT2D eigenvalue weighted by Crippen LogP contribution is 2.22. The van der Waals surface area contributed by atoms with Gasteiger partial charge in [0.15, 0.2) is 0 Å². The molecule has 0 unspecified atom stereocenters. The van der Waals surface area contributed by atoms with Gasteiger partial charge in [0.2, 0.25) is 5.91 Å². The zero-order valence-electron chi connectivity index (χ0n) is 20.1. The van der Waals surface area contributed by atoms with Crippen molar-refractivity contribution in [2.45, 2.75) is 84.0 Å². The SMILES string of the molecule is CCCCCCCCCCCCCC(=O)NCC(=O)N/N=C/c1cc(OC)ccc1OC. The van der Waals surface area contributed by atoms with Crippen molar-refractivity contribution in [3.8, 4) is 11.5 Å². The standard InChI is InChI=1S/C25H41N3O4/c1-4-5-6-7-8-9-10-11-12-13-14-15-24(29)26-20-25(30)28-27-19-21-18-22(31-2)16-17-23(21)32-3/h16-19H,4-15,20H2,1-3H3,(H,26,29)(H,28,30)/b27-19+. The highest BCUT2D eigenvalue weighted by molar-refractivity contribution is 5.87. The zero-order valence-corrected chi connectivity index (χ0v) is 20.1. The predicted molar refractivity (Wildman–Crippen MR) is 129 cm³/mol. The summed E-state index contributed by atoms with van der Waals surface area (Å²) in [6.07, 6.45) is 15.6. The van der Waals surface area contributed by atoms with Crippen molar-refractivity contribution in [2.75, 3.05) is 20.8 Å². The number of rotatable bonds is 18. The van der Waals surface area contributed by atoms with Gasteiger partial charge in [-0.05, 0) is 24.6 Å². The molecule has 0 aromatic heterocycles. The van der Waals surface area contributed by atoms with Gasteiger partial charge in [-0.3, -0.25) is 9.59 Å². The molecule has 0 fully saturated rings. The minimum Gasteiger partial charge on any atom is -0.497 e. The molecule has 32 heavy (non-hydrogen) atoms. The van der Waals surface area contributed by atoms with Crippen molar-refractivity contribution >= 4 is 18.0 Å². The summed E-state index contributed by atoms with van der Waals surface area (Å²) >= 11 is 0. The van der Waals surface area contributed by atoms with Crippen LogP contribution in [0.1, 0.15) is 89.5 Å². The van der Waals surface area contributed by atoms with Crippen molar-refractivity contribution in [3.05, 3.63) is 23.8 Å². The molecule has 7 heteroatoms. The van der Waals surface area contributed by atoms with Crippen LogP contribution < -0.4 is 20.2 Å². The maximum atomic E-state index is 11.9. The maximum absolute atomic E-state index is 11.9. The Kier molecular flexibility index (Phi) is 15.5. The molecule has 0 saturated carbocycles. The molecule has 0 radical (unpaired) electrons. The Morgan fingerprint density at radius 1 is 0.875 bits per heavy atom. The molecule has 2 amide bonds. The first-order valence-electron chi connectivity index (χ1n) is 11.9. The molecule has 2 N–H and O–H groups in total. The number of nitrogens with zero attached hydrogens (tertiary/aromatic N) is 1. The smallest absolute Gasteiger partial charge is 0.259 e. The molecular weight excluding hydrogens is 406 g/mol. The molecule has 0 spiro atoms. The monoisotopic (exact) mass is 447 g/mol. The number of benzene rings is 1. The van der Waals surface area contributed by atoms with E-state index in [9.17, 15) is 9.59 Å². The normalized spacial score (nSPS) is 10.8. The first kappa shape index (κ1) is 27.5. The second-order valence-electron chi connectivity index (χ2n) is 7.96. The van der Waals surface area contributed by atoms with Gasteiger partial charge < -0.3 is 14.8 Å². The number of hydrazone groups is 1. The zero-order chi connectivity index (χ0) is 23.4. The van der Waals surface area contributed by atoms with Crippen molar-refractivity contribution in [2.24, 2.45) is 5.10 Å². The van der Waals surface area contributed by atoms with Gasteiger partial charge in [0, 0.05) is 12.0 Å². The molecule has 0 heterocycles. The molecule has 0 atom stereocenters. The van der Waals surface area contributed by atoms with Crippen LogP contribution in [-0.4, -0.2) is 38.8 Å². The lowest BCUT2D eigenvalue weighted by Crippen LogP contribution is -2.34. The van der Waals surface area contributed by atoms with Crippen LogP contribution in [0, 0.1) is 0 Å². The summed E-state index contributed by atoms with van der Waals surface area (Å²) in [5, 5.41) is 6.56. The summed E-state index contributed by atoms with van der Waals surface area (Å²) in [5.41, 5.74) is 3.08. The largest absolute Gasteiger partial charge is 0.497 e. The van der Waals surface area contributed by atoms with Crippen molar-refractivity contribution in [1.82, 2.24) is 10.7 Å². The van der Waals surface area contributed by atoms with Crippen LogP contribution in [0.2, 0.25) is 0 Å². The fourth-order valence-corrected chi connectivity index (χ4v) is 3.37. The molecule has 7 nitrogen and oxygen atoms in total. The van der Waals surface area contributed by atoms with Crippen LogP contribution in [0.4, 0.5) is 0 Å². The molecule has 0 aliphatic carbocycles. The summed E-state index contributed by atoms with van der Waals surface area (Å²) in [5.74, 6) is 0.794. The molecule has 0 aliphatic rings. The van der Waals surface area contributed by atoms with E-state index in [1.165, 1.54) is 64.0 Å². The van der Waals surface area contributed by atoms with E-state index in [0.717, 1.165) is 12.8 Å². The minimum atomic E-state index is -0.379. The number of carbonyl (C=O) groups is 2. The van der Waals surface area contributed by atoms with E-state index in [2.05, 4.69) is 22.8 Å². The first-order valence-corrected chi connectivity index (χ1v) is 11.9. The third kappa shape index (κ3) is 13.0. The van der Waals surface area contributed by atoms with Gasteiger partial charge >= 0.3 is 0 Å². The van der Waals surface area contributed by atoms with E-state index < -0.39 is 0 Å². The summed E-state index contributed by atoms with van der Waals surface area (Å²) in [4.78, 5) is 23.8. The molecule has 1 rings (SSSR count). The third-order valence-electron chi connectivity index (χ3n) is 5.28. The quantitative estimate of drug-likeness (QED) is 0.189. The van der Waals surface area contributed by atoms with Crippen LogP contribution in [-0.2, 0) is 9.59 Å². The third-order valence-corrected chi connectivity index (χ3v) is 5.28. The van der Waals surface area contributed by atoms with Gasteiger partial charge in [0.1, 0.15) is 11.5 Å². The lowest BCUT2D eigenvalue weighted by atomic mass is 10.1. The number of hydrogen-bond acceptors (Lipinski definition) is 5. The Morgan fingerprint density at radius 2 is 1.50 bits per heavy atom. The Bertz CT molecular complexity index is 692. The minimum absolute atomic E-state index is 0.0938. The van der Waals surface area contributed by atoms with Crippen molar-refractivity contribution in [1.29, 1.82) is 0 Å². The van der Waals surface area contributed by atoms with E-state index in [-0.39, 0.29) is 18.4 Å². The lowest BCUT2D eigenvalue weighted by molar-refractivity contribution is -0.126. The van der Waals surface area contributed by atoms with E-state index in [4.69, 9.17) is 9.47 Å². The molecule has 0 saturated heterocycles. The molecule has 180 valence electrons. The molecule has 1 aromatic rings. The highest BCUT2D eigenvalue weighted by atomic mass is 16.5. The lowest BCUT2D eigenvalue weighted by Gasteiger charge is -2.07. The Morgan fingerprint density at radius 3 is 2.09 bits per heavy atom. The molecule has 0 aliphatic heterocycles. The van der Waals surface area contributed by atoms with Crippen LogP contribution in [0.3, 0.4) is 0 Å². The number of carbonyl (C=O) groups excluding carboxylic acids is 2. The number of amides is 2. The van der Waals surface area contributed by atoms with E-state index in [1.807, 2.05) is 0 Å². The maximum Gasteiger partial charge on any atom is 0.259 e. The van der Waals surface area contributed by atoms with Crippen LogP contribution in [0.25, 0.3) is 0 Å². The molecule has 0 bridgehead atoms. The summed E-state index contributed by atoms with van der Waals surface area (Å²) in [6.45, 7) is 2.15. The Balaban J connectivity index is 2.10. The fraction of sp³-hybridized carbons (Fsp3) is 0.640. The van der Waals surface area contributed by atoms with Crippen LogP contribution >= 0.6 is 0 Å². The second-order valence-corrected chi connectivity index (χ2v) is 7.96. The van der Waals surface area contributed by atoms with Gasteiger partial charge in [-0.15, -0.1) is 0 Å². The van der Waals surface area contributed by atoms with Gasteiger partial charge in [-0.1, -0.05) is 71.1 Å². The number of methoxy groups -OCH3 is 2. The van der Waals surface area contributed by atoms with E-state index in [1.54, 1.807) is 32.4 Å². The summed E-state index contributed by atoms with van der Waals surface area (Å²) in [7, 11) is 3.13. The van der Waals surface area contributed by atoms with Gasteiger partial charge in [-0.2, -0.15) is 5.10 Å². The van der Waals surface area contributed by atoms with Crippen molar-refractivity contribution in [3.63, 3.8) is 0 Å². The Hall–Kier alpha value is -2.57. The second kappa shape index (κ2) is 18.0. The topological polar surface area (TPSA) is 89.0 Å². The van der Waals surface area contributed by atoms with E-state index in [0.29, 0.717) is 23.5 Å². The average molecular weight is 448 g/mol. The first-order chi connectivity index (χ1) is 15.6. The number of hydrogen-bond donors (Lipinski definition) is 2. The highest BCUT2D eigenvalue weighted by Gasteiger charge is 2.06.